The molecule has 1 aromatic carbocycles. The molecule has 1 atom stereocenters. The molecule has 1 aliphatic rings. The lowest BCUT2D eigenvalue weighted by molar-refractivity contribution is -0.125. The van der Waals surface area contributed by atoms with Crippen LogP contribution in [0, 0.1) is 6.92 Å². The number of sulfone groups is 1. The Balaban J connectivity index is 0.00000312. The minimum absolute atomic E-state index is 0. The summed E-state index contributed by atoms with van der Waals surface area (Å²) in [5.41, 5.74) is 1.09. The van der Waals surface area contributed by atoms with Crippen LogP contribution in [0.15, 0.2) is 24.3 Å². The minimum atomic E-state index is -3.50. The van der Waals surface area contributed by atoms with Gasteiger partial charge < -0.3 is 15.4 Å². The molecule has 0 saturated carbocycles. The predicted octanol–water partition coefficient (Wildman–Crippen LogP) is 1.47. The molecule has 0 aromatic heterocycles. The summed E-state index contributed by atoms with van der Waals surface area (Å²) in [6.45, 7) is 5.12. The monoisotopic (exact) mass is 390 g/mol. The van der Waals surface area contributed by atoms with Crippen molar-refractivity contribution in [2.45, 2.75) is 37.5 Å². The van der Waals surface area contributed by atoms with E-state index in [9.17, 15) is 13.2 Å². The molecule has 8 heteroatoms. The Hall–Kier alpha value is -1.31. The molecule has 0 bridgehead atoms. The lowest BCUT2D eigenvalue weighted by Crippen LogP contribution is -2.59. The van der Waals surface area contributed by atoms with E-state index in [0.29, 0.717) is 25.9 Å². The van der Waals surface area contributed by atoms with E-state index in [1.165, 1.54) is 0 Å². The van der Waals surface area contributed by atoms with Crippen molar-refractivity contribution in [2.75, 3.05) is 26.0 Å². The number of carbonyl (C=O) groups excluding carboxylic acids is 1. The number of hydrogen-bond donors (Lipinski definition) is 2. The van der Waals surface area contributed by atoms with Gasteiger partial charge >= 0.3 is 0 Å². The number of carbonyl (C=O) groups is 1. The Kier molecular flexibility index (Phi) is 7.71. The number of amides is 1. The Morgan fingerprint density at radius 3 is 2.56 bits per heavy atom. The number of hydrogen-bond acceptors (Lipinski definition) is 5. The average Bonchev–Trinajstić information content (AvgIpc) is 2.52. The molecule has 142 valence electrons. The summed E-state index contributed by atoms with van der Waals surface area (Å²) in [5, 5.41) is 5.91. The van der Waals surface area contributed by atoms with Gasteiger partial charge in [-0.05, 0) is 57.5 Å². The van der Waals surface area contributed by atoms with Crippen molar-refractivity contribution in [3.8, 4) is 5.75 Å². The standard InChI is InChI=1S/C17H26N2O4S.ClH/c1-13-5-4-6-15(11-13)23-12-14(2)19-16(20)17(24(3,21)22)7-9-18-10-8-17;/h4-6,11,14,18H,7-10,12H2,1-3H3,(H,19,20);1H. The van der Waals surface area contributed by atoms with Crippen molar-refractivity contribution >= 4 is 28.2 Å². The van der Waals surface area contributed by atoms with Gasteiger partial charge in [-0.1, -0.05) is 12.1 Å². The second-order valence-electron chi connectivity index (χ2n) is 6.52. The number of ether oxygens (including phenoxy) is 1. The first-order chi connectivity index (χ1) is 11.2. The van der Waals surface area contributed by atoms with E-state index < -0.39 is 20.5 Å². The third kappa shape index (κ3) is 5.33. The average molecular weight is 391 g/mol. The highest BCUT2D eigenvalue weighted by Gasteiger charge is 2.48. The van der Waals surface area contributed by atoms with E-state index in [2.05, 4.69) is 10.6 Å². The smallest absolute Gasteiger partial charge is 0.241 e. The quantitative estimate of drug-likeness (QED) is 0.768. The van der Waals surface area contributed by atoms with E-state index in [1.807, 2.05) is 38.1 Å². The summed E-state index contributed by atoms with van der Waals surface area (Å²) in [6.07, 6.45) is 1.73. The maximum atomic E-state index is 12.7. The van der Waals surface area contributed by atoms with Crippen molar-refractivity contribution in [3.63, 3.8) is 0 Å². The van der Waals surface area contributed by atoms with Gasteiger partial charge in [0.1, 0.15) is 12.4 Å². The Morgan fingerprint density at radius 2 is 2.00 bits per heavy atom. The normalized spacial score (nSPS) is 17.9. The van der Waals surface area contributed by atoms with Gasteiger partial charge in [0, 0.05) is 6.26 Å². The van der Waals surface area contributed by atoms with Gasteiger partial charge in [0.2, 0.25) is 5.91 Å². The van der Waals surface area contributed by atoms with Crippen LogP contribution in [-0.4, -0.2) is 51.1 Å². The molecule has 1 fully saturated rings. The van der Waals surface area contributed by atoms with Gasteiger partial charge in [0.15, 0.2) is 14.6 Å². The maximum Gasteiger partial charge on any atom is 0.241 e. The first-order valence-electron chi connectivity index (χ1n) is 8.15. The molecule has 2 rings (SSSR count). The zero-order chi connectivity index (χ0) is 17.8. The molecule has 0 aliphatic carbocycles. The lowest BCUT2D eigenvalue weighted by Gasteiger charge is -2.35. The SMILES string of the molecule is Cc1cccc(OCC(C)NC(=O)C2(S(C)(=O)=O)CCNCC2)c1.Cl. The third-order valence-electron chi connectivity index (χ3n) is 4.40. The summed E-state index contributed by atoms with van der Waals surface area (Å²) in [6, 6.07) is 7.37. The van der Waals surface area contributed by atoms with Crippen molar-refractivity contribution in [1.82, 2.24) is 10.6 Å². The van der Waals surface area contributed by atoms with E-state index in [-0.39, 0.29) is 25.1 Å². The van der Waals surface area contributed by atoms with E-state index in [0.717, 1.165) is 17.6 Å². The van der Waals surface area contributed by atoms with E-state index in [4.69, 9.17) is 4.74 Å². The number of aryl methyl sites for hydroxylation is 1. The fraction of sp³-hybridized carbons (Fsp3) is 0.588. The van der Waals surface area contributed by atoms with E-state index in [1.54, 1.807) is 0 Å². The molecule has 6 nitrogen and oxygen atoms in total. The van der Waals surface area contributed by atoms with Gasteiger partial charge in [-0.3, -0.25) is 4.79 Å². The number of benzene rings is 1. The minimum Gasteiger partial charge on any atom is -0.491 e. The van der Waals surface area contributed by atoms with Crippen LogP contribution in [0.4, 0.5) is 0 Å². The molecule has 0 radical (unpaired) electrons. The van der Waals surface area contributed by atoms with Crippen LogP contribution in [0.2, 0.25) is 0 Å². The lowest BCUT2D eigenvalue weighted by atomic mass is 9.95. The van der Waals surface area contributed by atoms with Crippen molar-refractivity contribution < 1.29 is 17.9 Å². The first kappa shape index (κ1) is 21.7. The van der Waals surface area contributed by atoms with Gasteiger partial charge in [-0.25, -0.2) is 8.42 Å². The summed E-state index contributed by atoms with van der Waals surface area (Å²) < 4.78 is 28.8. The van der Waals surface area contributed by atoms with Crippen molar-refractivity contribution in [2.24, 2.45) is 0 Å². The third-order valence-corrected chi connectivity index (χ3v) is 6.42. The fourth-order valence-corrected chi connectivity index (χ4v) is 4.26. The fourth-order valence-electron chi connectivity index (χ4n) is 2.92. The molecular formula is C17H27ClN2O4S. The summed E-state index contributed by atoms with van der Waals surface area (Å²) in [4.78, 5) is 12.7. The highest BCUT2D eigenvalue weighted by Crippen LogP contribution is 2.28. The van der Waals surface area contributed by atoms with Crippen LogP contribution >= 0.6 is 12.4 Å². The van der Waals surface area contributed by atoms with Crippen LogP contribution in [0.3, 0.4) is 0 Å². The molecule has 2 N–H and O–H groups in total. The summed E-state index contributed by atoms with van der Waals surface area (Å²) in [5.74, 6) is 0.308. The van der Waals surface area contributed by atoms with Crippen LogP contribution in [0.1, 0.15) is 25.3 Å². The van der Waals surface area contributed by atoms with Crippen molar-refractivity contribution in [3.05, 3.63) is 29.8 Å². The molecule has 1 amide bonds. The van der Waals surface area contributed by atoms with Gasteiger partial charge in [-0.2, -0.15) is 0 Å². The van der Waals surface area contributed by atoms with Gasteiger partial charge in [-0.15, -0.1) is 12.4 Å². The molecule has 1 aliphatic heterocycles. The number of piperidine rings is 1. The maximum absolute atomic E-state index is 12.7. The second-order valence-corrected chi connectivity index (χ2v) is 8.84. The summed E-state index contributed by atoms with van der Waals surface area (Å²) >= 11 is 0. The molecule has 1 unspecified atom stereocenters. The zero-order valence-electron chi connectivity index (χ0n) is 14.9. The number of nitrogens with one attached hydrogen (secondary N) is 2. The molecule has 1 heterocycles. The Labute approximate surface area is 156 Å². The molecule has 1 saturated heterocycles. The highest BCUT2D eigenvalue weighted by molar-refractivity contribution is 7.92. The Morgan fingerprint density at radius 1 is 1.36 bits per heavy atom. The second kappa shape index (κ2) is 8.87. The van der Waals surface area contributed by atoms with Crippen LogP contribution in [0.5, 0.6) is 5.75 Å². The van der Waals surface area contributed by atoms with Crippen LogP contribution in [0.25, 0.3) is 0 Å². The highest BCUT2D eigenvalue weighted by atomic mass is 35.5. The van der Waals surface area contributed by atoms with E-state index >= 15 is 0 Å². The first-order valence-corrected chi connectivity index (χ1v) is 10.0. The summed E-state index contributed by atoms with van der Waals surface area (Å²) in [7, 11) is -3.50. The molecular weight excluding hydrogens is 364 g/mol. The number of rotatable bonds is 6. The Bertz CT molecular complexity index is 688. The van der Waals surface area contributed by atoms with Crippen LogP contribution < -0.4 is 15.4 Å². The molecule has 1 aromatic rings. The van der Waals surface area contributed by atoms with Crippen molar-refractivity contribution in [1.29, 1.82) is 0 Å². The van der Waals surface area contributed by atoms with Gasteiger partial charge in [0.25, 0.3) is 0 Å². The zero-order valence-corrected chi connectivity index (χ0v) is 16.5. The van der Waals surface area contributed by atoms with Gasteiger partial charge in [0.05, 0.1) is 6.04 Å². The molecule has 25 heavy (non-hydrogen) atoms. The van der Waals surface area contributed by atoms with Crippen LogP contribution in [-0.2, 0) is 14.6 Å². The topological polar surface area (TPSA) is 84.5 Å². The largest absolute Gasteiger partial charge is 0.491 e. The number of halogens is 1. The molecule has 0 spiro atoms. The predicted molar refractivity (Wildman–Crippen MR) is 101 cm³/mol.